The summed E-state index contributed by atoms with van der Waals surface area (Å²) in [7, 11) is 0. The van der Waals surface area contributed by atoms with Gasteiger partial charge in [0.15, 0.2) is 0 Å². The van der Waals surface area contributed by atoms with E-state index in [1.807, 2.05) is 30.3 Å². The molecule has 80 valence electrons. The molecule has 0 atom stereocenters. The Hall–Kier alpha value is -1.35. The van der Waals surface area contributed by atoms with Crippen molar-refractivity contribution in [3.05, 3.63) is 35.9 Å². The predicted octanol–water partition coefficient (Wildman–Crippen LogP) is 1.13. The van der Waals surface area contributed by atoms with Gasteiger partial charge in [-0.3, -0.25) is 4.79 Å². The first-order valence-electron chi connectivity index (χ1n) is 5.25. The van der Waals surface area contributed by atoms with Crippen LogP contribution in [0.2, 0.25) is 0 Å². The van der Waals surface area contributed by atoms with Gasteiger partial charge in [0.25, 0.3) is 0 Å². The van der Waals surface area contributed by atoms with Crippen LogP contribution in [0.1, 0.15) is 12.0 Å². The molecule has 3 nitrogen and oxygen atoms in total. The maximum absolute atomic E-state index is 11.5. The molecule has 1 aliphatic heterocycles. The van der Waals surface area contributed by atoms with Crippen LogP contribution in [-0.4, -0.2) is 25.2 Å². The van der Waals surface area contributed by atoms with Gasteiger partial charge in [0, 0.05) is 6.42 Å². The average Bonchev–Trinajstić information content (AvgIpc) is 2.22. The van der Waals surface area contributed by atoms with E-state index in [2.05, 4.69) is 5.32 Å². The number of amides is 1. The lowest BCUT2D eigenvalue weighted by Crippen LogP contribution is -2.48. The molecule has 0 aromatic heterocycles. The highest BCUT2D eigenvalue weighted by Gasteiger charge is 2.19. The minimum absolute atomic E-state index is 0.118. The fourth-order valence-corrected chi connectivity index (χ4v) is 1.52. The summed E-state index contributed by atoms with van der Waals surface area (Å²) in [5, 5.41) is 2.92. The number of hydrogen-bond donors (Lipinski definition) is 1. The van der Waals surface area contributed by atoms with Crippen LogP contribution in [0.15, 0.2) is 30.3 Å². The molecule has 1 amide bonds. The second-order valence-electron chi connectivity index (χ2n) is 3.79. The van der Waals surface area contributed by atoms with Crippen molar-refractivity contribution >= 4 is 5.91 Å². The van der Waals surface area contributed by atoms with Crippen LogP contribution in [0.5, 0.6) is 0 Å². The van der Waals surface area contributed by atoms with E-state index >= 15 is 0 Å². The van der Waals surface area contributed by atoms with Crippen molar-refractivity contribution in [2.45, 2.75) is 18.9 Å². The molecule has 1 heterocycles. The van der Waals surface area contributed by atoms with E-state index in [-0.39, 0.29) is 11.9 Å². The molecule has 0 bridgehead atoms. The van der Waals surface area contributed by atoms with Crippen molar-refractivity contribution in [1.29, 1.82) is 0 Å². The Balaban J connectivity index is 1.71. The largest absolute Gasteiger partial charge is 0.377 e. The summed E-state index contributed by atoms with van der Waals surface area (Å²) in [4.78, 5) is 11.5. The van der Waals surface area contributed by atoms with Crippen LogP contribution >= 0.6 is 0 Å². The van der Waals surface area contributed by atoms with Crippen molar-refractivity contribution in [3.63, 3.8) is 0 Å². The molecule has 2 rings (SSSR count). The van der Waals surface area contributed by atoms with Gasteiger partial charge in [0.2, 0.25) is 5.91 Å². The summed E-state index contributed by atoms with van der Waals surface area (Å²) in [5.41, 5.74) is 1.21. The molecular weight excluding hydrogens is 190 g/mol. The third kappa shape index (κ3) is 3.06. The van der Waals surface area contributed by atoms with Gasteiger partial charge >= 0.3 is 0 Å². The second-order valence-corrected chi connectivity index (χ2v) is 3.79. The maximum Gasteiger partial charge on any atom is 0.220 e. The molecule has 0 unspecified atom stereocenters. The van der Waals surface area contributed by atoms with Gasteiger partial charge in [-0.15, -0.1) is 0 Å². The third-order valence-corrected chi connectivity index (χ3v) is 2.49. The van der Waals surface area contributed by atoms with Crippen molar-refractivity contribution in [2.75, 3.05) is 13.2 Å². The molecule has 15 heavy (non-hydrogen) atoms. The fourth-order valence-electron chi connectivity index (χ4n) is 1.52. The van der Waals surface area contributed by atoms with Crippen LogP contribution in [0.3, 0.4) is 0 Å². The predicted molar refractivity (Wildman–Crippen MR) is 57.5 cm³/mol. The van der Waals surface area contributed by atoms with Crippen molar-refractivity contribution in [2.24, 2.45) is 0 Å². The van der Waals surface area contributed by atoms with Crippen molar-refractivity contribution in [1.82, 2.24) is 5.32 Å². The summed E-state index contributed by atoms with van der Waals surface area (Å²) in [6.45, 7) is 1.33. The van der Waals surface area contributed by atoms with Crippen LogP contribution in [0.25, 0.3) is 0 Å². The molecule has 0 aliphatic carbocycles. The van der Waals surface area contributed by atoms with Gasteiger partial charge < -0.3 is 10.1 Å². The van der Waals surface area contributed by atoms with Crippen LogP contribution in [0.4, 0.5) is 0 Å². The number of hydrogen-bond acceptors (Lipinski definition) is 2. The molecule has 1 fully saturated rings. The minimum Gasteiger partial charge on any atom is -0.377 e. The van der Waals surface area contributed by atoms with E-state index in [0.29, 0.717) is 19.6 Å². The second kappa shape index (κ2) is 4.94. The van der Waals surface area contributed by atoms with Gasteiger partial charge in [-0.25, -0.2) is 0 Å². The number of carbonyl (C=O) groups excluding carboxylic acids is 1. The van der Waals surface area contributed by atoms with Gasteiger partial charge in [0.1, 0.15) is 0 Å². The number of ether oxygens (including phenoxy) is 1. The Bertz CT molecular complexity index is 320. The molecule has 1 aromatic carbocycles. The Morgan fingerprint density at radius 1 is 1.33 bits per heavy atom. The normalized spacial score (nSPS) is 15.7. The summed E-state index contributed by atoms with van der Waals surface area (Å²) in [6.07, 6.45) is 1.36. The molecule has 1 aromatic rings. The number of nitrogens with one attached hydrogen (secondary N) is 1. The van der Waals surface area contributed by atoms with Crippen LogP contribution < -0.4 is 5.32 Å². The molecular formula is C12H15NO2. The average molecular weight is 205 g/mol. The van der Waals surface area contributed by atoms with Gasteiger partial charge in [-0.1, -0.05) is 30.3 Å². The molecule has 1 saturated heterocycles. The quantitative estimate of drug-likeness (QED) is 0.800. The van der Waals surface area contributed by atoms with E-state index in [1.54, 1.807) is 0 Å². The maximum atomic E-state index is 11.5. The highest BCUT2D eigenvalue weighted by molar-refractivity contribution is 5.76. The number of rotatable bonds is 4. The first-order chi connectivity index (χ1) is 7.34. The zero-order chi connectivity index (χ0) is 10.5. The first kappa shape index (κ1) is 10.2. The number of benzene rings is 1. The SMILES string of the molecule is O=C(CCc1ccccc1)NC1COC1. The molecule has 1 N–H and O–H groups in total. The Morgan fingerprint density at radius 3 is 2.67 bits per heavy atom. The van der Waals surface area contributed by atoms with E-state index in [9.17, 15) is 4.79 Å². The highest BCUT2D eigenvalue weighted by atomic mass is 16.5. The molecule has 0 spiro atoms. The van der Waals surface area contributed by atoms with Crippen molar-refractivity contribution < 1.29 is 9.53 Å². The Kier molecular flexibility index (Phi) is 3.35. The zero-order valence-corrected chi connectivity index (χ0v) is 8.61. The smallest absolute Gasteiger partial charge is 0.220 e. The van der Waals surface area contributed by atoms with Crippen molar-refractivity contribution in [3.8, 4) is 0 Å². The van der Waals surface area contributed by atoms with E-state index in [1.165, 1.54) is 5.56 Å². The Morgan fingerprint density at radius 2 is 2.07 bits per heavy atom. The Labute approximate surface area is 89.4 Å². The zero-order valence-electron chi connectivity index (χ0n) is 8.61. The third-order valence-electron chi connectivity index (χ3n) is 2.49. The standard InChI is InChI=1S/C12H15NO2/c14-12(13-11-8-15-9-11)7-6-10-4-2-1-3-5-10/h1-5,11H,6-9H2,(H,13,14). The lowest BCUT2D eigenvalue weighted by Gasteiger charge is -2.26. The molecule has 0 radical (unpaired) electrons. The van der Waals surface area contributed by atoms with Crippen LogP contribution in [-0.2, 0) is 16.0 Å². The fraction of sp³-hybridized carbons (Fsp3) is 0.417. The monoisotopic (exact) mass is 205 g/mol. The first-order valence-corrected chi connectivity index (χ1v) is 5.25. The highest BCUT2D eigenvalue weighted by Crippen LogP contribution is 2.04. The summed E-state index contributed by atoms with van der Waals surface area (Å²) in [6, 6.07) is 10.3. The summed E-state index contributed by atoms with van der Waals surface area (Å²) >= 11 is 0. The van der Waals surface area contributed by atoms with Gasteiger partial charge in [-0.2, -0.15) is 0 Å². The number of carbonyl (C=O) groups is 1. The van der Waals surface area contributed by atoms with E-state index < -0.39 is 0 Å². The lowest BCUT2D eigenvalue weighted by molar-refractivity contribution is -0.125. The molecule has 0 saturated carbocycles. The lowest BCUT2D eigenvalue weighted by atomic mass is 10.1. The number of aryl methyl sites for hydroxylation is 1. The minimum atomic E-state index is 0.118. The summed E-state index contributed by atoms with van der Waals surface area (Å²) < 4.78 is 4.98. The van der Waals surface area contributed by atoms with E-state index in [0.717, 1.165) is 6.42 Å². The summed E-state index contributed by atoms with van der Waals surface area (Å²) in [5.74, 6) is 0.118. The topological polar surface area (TPSA) is 38.3 Å². The van der Waals surface area contributed by atoms with E-state index in [4.69, 9.17) is 4.74 Å². The molecule has 1 aliphatic rings. The molecule has 3 heteroatoms. The van der Waals surface area contributed by atoms with Gasteiger partial charge in [-0.05, 0) is 12.0 Å². The van der Waals surface area contributed by atoms with Gasteiger partial charge in [0.05, 0.1) is 19.3 Å². The van der Waals surface area contributed by atoms with Crippen LogP contribution in [0, 0.1) is 0 Å².